The van der Waals surface area contributed by atoms with Crippen LogP contribution in [0.5, 0.6) is 0 Å². The lowest BCUT2D eigenvalue weighted by Gasteiger charge is -2.19. The van der Waals surface area contributed by atoms with E-state index in [0.717, 1.165) is 22.4 Å². The minimum Gasteiger partial charge on any atom is -0.481 e. The van der Waals surface area contributed by atoms with Gasteiger partial charge in [0, 0.05) is 0 Å². The molecule has 0 bridgehead atoms. The first-order valence-electron chi connectivity index (χ1n) is 8.33. The minimum absolute atomic E-state index is 0.0307. The molecule has 0 aliphatic heterocycles. The van der Waals surface area contributed by atoms with Crippen LogP contribution in [-0.4, -0.2) is 16.8 Å². The zero-order valence-electron chi connectivity index (χ0n) is 15.2. The van der Waals surface area contributed by atoms with Crippen molar-refractivity contribution in [1.29, 1.82) is 0 Å². The quantitative estimate of drug-likeness (QED) is 0.620. The van der Waals surface area contributed by atoms with Crippen LogP contribution in [0.3, 0.4) is 0 Å². The molecule has 0 aliphatic rings. The average molecular weight is 339 g/mol. The Morgan fingerprint density at radius 2 is 1.56 bits per heavy atom. The predicted molar refractivity (Wildman–Crippen MR) is 99.9 cm³/mol. The third-order valence-corrected chi connectivity index (χ3v) is 3.98. The van der Waals surface area contributed by atoms with Gasteiger partial charge in [-0.05, 0) is 34.6 Å². The van der Waals surface area contributed by atoms with Crippen molar-refractivity contribution in [2.45, 2.75) is 46.1 Å². The van der Waals surface area contributed by atoms with Gasteiger partial charge in [0.2, 0.25) is 0 Å². The predicted octanol–water partition coefficient (Wildman–Crippen LogP) is 4.55. The van der Waals surface area contributed by atoms with Gasteiger partial charge in [-0.3, -0.25) is 4.79 Å². The van der Waals surface area contributed by atoms with E-state index < -0.39 is 5.97 Å². The second-order valence-corrected chi connectivity index (χ2v) is 7.16. The molecule has 0 saturated heterocycles. The molecule has 0 amide bonds. The topological polar surface area (TPSA) is 58.9 Å². The van der Waals surface area contributed by atoms with Crippen LogP contribution in [0, 0.1) is 0 Å². The summed E-state index contributed by atoms with van der Waals surface area (Å²) in [7, 11) is 0. The van der Waals surface area contributed by atoms with Crippen LogP contribution in [0.4, 0.5) is 0 Å². The Kier molecular flexibility index (Phi) is 5.97. The SMILES string of the molecule is C/C(=N\OCc1ccc(CC(=O)O)cc1)c1ccc(C(C)(C)C)cc1. The summed E-state index contributed by atoms with van der Waals surface area (Å²) in [5, 5.41) is 12.9. The Labute approximate surface area is 149 Å². The van der Waals surface area contributed by atoms with Crippen LogP contribution in [0.15, 0.2) is 53.7 Å². The third-order valence-electron chi connectivity index (χ3n) is 3.98. The van der Waals surface area contributed by atoms with Gasteiger partial charge in [-0.2, -0.15) is 0 Å². The smallest absolute Gasteiger partial charge is 0.307 e. The molecule has 0 unspecified atom stereocenters. The first-order chi connectivity index (χ1) is 11.8. The number of carboxylic acid groups (broad SMARTS) is 1. The summed E-state index contributed by atoms with van der Waals surface area (Å²) >= 11 is 0. The van der Waals surface area contributed by atoms with Gasteiger partial charge >= 0.3 is 5.97 Å². The number of carbonyl (C=O) groups is 1. The monoisotopic (exact) mass is 339 g/mol. The molecule has 2 aromatic rings. The van der Waals surface area contributed by atoms with Gasteiger partial charge in [-0.15, -0.1) is 0 Å². The molecule has 0 aliphatic carbocycles. The Bertz CT molecular complexity index is 738. The number of nitrogens with zero attached hydrogens (tertiary/aromatic N) is 1. The van der Waals surface area contributed by atoms with Crippen molar-refractivity contribution in [3.63, 3.8) is 0 Å². The lowest BCUT2D eigenvalue weighted by Crippen LogP contribution is -2.11. The van der Waals surface area contributed by atoms with Crippen molar-refractivity contribution < 1.29 is 14.7 Å². The molecule has 4 nitrogen and oxygen atoms in total. The fraction of sp³-hybridized carbons (Fsp3) is 0.333. The maximum absolute atomic E-state index is 10.7. The first kappa shape index (κ1) is 18.7. The maximum Gasteiger partial charge on any atom is 0.307 e. The van der Waals surface area contributed by atoms with Crippen LogP contribution >= 0.6 is 0 Å². The fourth-order valence-electron chi connectivity index (χ4n) is 2.40. The Morgan fingerprint density at radius 1 is 1.00 bits per heavy atom. The molecule has 0 heterocycles. The van der Waals surface area contributed by atoms with Gasteiger partial charge in [-0.1, -0.05) is 74.5 Å². The molecule has 2 aromatic carbocycles. The summed E-state index contributed by atoms with van der Waals surface area (Å²) in [6.07, 6.45) is 0.0307. The maximum atomic E-state index is 10.7. The van der Waals surface area contributed by atoms with E-state index in [0.29, 0.717) is 6.61 Å². The van der Waals surface area contributed by atoms with Gasteiger partial charge in [0.15, 0.2) is 0 Å². The van der Waals surface area contributed by atoms with Crippen molar-refractivity contribution in [3.05, 3.63) is 70.8 Å². The van der Waals surface area contributed by atoms with Crippen LogP contribution in [0.1, 0.15) is 49.9 Å². The van der Waals surface area contributed by atoms with E-state index >= 15 is 0 Å². The molecule has 0 aromatic heterocycles. The van der Waals surface area contributed by atoms with E-state index in [-0.39, 0.29) is 11.8 Å². The highest BCUT2D eigenvalue weighted by Crippen LogP contribution is 2.22. The van der Waals surface area contributed by atoms with Gasteiger partial charge in [0.25, 0.3) is 0 Å². The molecule has 0 radical (unpaired) electrons. The second kappa shape index (κ2) is 7.97. The van der Waals surface area contributed by atoms with E-state index in [1.165, 1.54) is 5.56 Å². The molecule has 1 N–H and O–H groups in total. The van der Waals surface area contributed by atoms with Gasteiger partial charge in [0.05, 0.1) is 12.1 Å². The lowest BCUT2D eigenvalue weighted by molar-refractivity contribution is -0.136. The first-order valence-corrected chi connectivity index (χ1v) is 8.33. The van der Waals surface area contributed by atoms with Crippen LogP contribution in [0.2, 0.25) is 0 Å². The lowest BCUT2D eigenvalue weighted by atomic mass is 9.86. The molecule has 4 heteroatoms. The Balaban J connectivity index is 1.94. The molecule has 0 fully saturated rings. The summed E-state index contributed by atoms with van der Waals surface area (Å²) in [4.78, 5) is 16.1. The van der Waals surface area contributed by atoms with Crippen molar-refractivity contribution >= 4 is 11.7 Å². The summed E-state index contributed by atoms with van der Waals surface area (Å²) in [5.41, 5.74) is 5.00. The average Bonchev–Trinajstić information content (AvgIpc) is 2.55. The summed E-state index contributed by atoms with van der Waals surface area (Å²) in [5.74, 6) is -0.832. The van der Waals surface area contributed by atoms with Gasteiger partial charge < -0.3 is 9.94 Å². The largest absolute Gasteiger partial charge is 0.481 e. The highest BCUT2D eigenvalue weighted by atomic mass is 16.6. The number of hydrogen-bond donors (Lipinski definition) is 1. The van der Waals surface area contributed by atoms with E-state index in [1.54, 1.807) is 12.1 Å². The van der Waals surface area contributed by atoms with Crippen molar-refractivity contribution in [2.75, 3.05) is 0 Å². The molecule has 132 valence electrons. The summed E-state index contributed by atoms with van der Waals surface area (Å²) < 4.78 is 0. The highest BCUT2D eigenvalue weighted by molar-refractivity contribution is 5.98. The highest BCUT2D eigenvalue weighted by Gasteiger charge is 2.13. The molecule has 0 atom stereocenters. The normalized spacial score (nSPS) is 12.1. The van der Waals surface area contributed by atoms with Crippen molar-refractivity contribution in [1.82, 2.24) is 0 Å². The fourth-order valence-corrected chi connectivity index (χ4v) is 2.40. The van der Waals surface area contributed by atoms with E-state index in [9.17, 15) is 4.79 Å². The molecule has 0 saturated carbocycles. The number of rotatable bonds is 6. The standard InChI is InChI=1S/C21H25NO3/c1-15(18-9-11-19(12-10-18)21(2,3)4)22-25-14-17-7-5-16(6-8-17)13-20(23)24/h5-12H,13-14H2,1-4H3,(H,23,24)/b22-15+. The Morgan fingerprint density at radius 3 is 2.08 bits per heavy atom. The van der Waals surface area contributed by atoms with Crippen LogP contribution in [0.25, 0.3) is 0 Å². The van der Waals surface area contributed by atoms with Crippen molar-refractivity contribution in [3.8, 4) is 0 Å². The van der Waals surface area contributed by atoms with Crippen LogP contribution < -0.4 is 0 Å². The van der Waals surface area contributed by atoms with E-state index in [4.69, 9.17) is 9.94 Å². The molecule has 2 rings (SSSR count). The minimum atomic E-state index is -0.832. The zero-order valence-corrected chi connectivity index (χ0v) is 15.2. The van der Waals surface area contributed by atoms with Crippen LogP contribution in [-0.2, 0) is 28.1 Å². The molecular weight excluding hydrogens is 314 g/mol. The van der Waals surface area contributed by atoms with E-state index in [1.807, 2.05) is 19.1 Å². The van der Waals surface area contributed by atoms with Gasteiger partial charge in [0.1, 0.15) is 6.61 Å². The number of hydrogen-bond acceptors (Lipinski definition) is 3. The molecular formula is C21H25NO3. The zero-order chi connectivity index (χ0) is 18.4. The third kappa shape index (κ3) is 5.75. The number of carboxylic acids is 1. The van der Waals surface area contributed by atoms with E-state index in [2.05, 4.69) is 50.2 Å². The van der Waals surface area contributed by atoms with Gasteiger partial charge in [-0.25, -0.2) is 0 Å². The second-order valence-electron chi connectivity index (χ2n) is 7.16. The molecule has 25 heavy (non-hydrogen) atoms. The number of aliphatic carboxylic acids is 1. The summed E-state index contributed by atoms with van der Waals surface area (Å²) in [6.45, 7) is 8.84. The number of oxime groups is 1. The van der Waals surface area contributed by atoms with Crippen molar-refractivity contribution in [2.24, 2.45) is 5.16 Å². The Hall–Kier alpha value is -2.62. The molecule has 0 spiro atoms. The number of benzene rings is 2. The summed E-state index contributed by atoms with van der Waals surface area (Å²) in [6, 6.07) is 15.7.